The lowest BCUT2D eigenvalue weighted by Gasteiger charge is -2.44. The smallest absolute Gasteiger partial charge is 0.224 e. The molecule has 2 aliphatic rings. The Morgan fingerprint density at radius 1 is 1.61 bits per heavy atom. The van der Waals surface area contributed by atoms with Crippen LogP contribution < -0.4 is 9.80 Å². The summed E-state index contributed by atoms with van der Waals surface area (Å²) in [5, 5.41) is 0.199. The average Bonchev–Trinajstić information content (AvgIpc) is 2.37. The van der Waals surface area contributed by atoms with Gasteiger partial charge in [-0.3, -0.25) is 4.79 Å². The highest BCUT2D eigenvalue weighted by atomic mass is 35.5. The Morgan fingerprint density at radius 2 is 2.44 bits per heavy atom. The largest absolute Gasteiger partial charge is 0.377 e. The molecule has 1 atom stereocenters. The zero-order valence-corrected chi connectivity index (χ0v) is 10.7. The Kier molecular flexibility index (Phi) is 2.83. The van der Waals surface area contributed by atoms with Crippen molar-refractivity contribution in [2.75, 3.05) is 36.1 Å². The van der Waals surface area contributed by atoms with Crippen molar-refractivity contribution in [3.63, 3.8) is 0 Å². The number of rotatable bonds is 0. The maximum absolute atomic E-state index is 11.7. The Morgan fingerprint density at radius 3 is 3.22 bits per heavy atom. The second kappa shape index (κ2) is 4.37. The molecule has 1 aromatic rings. The number of anilines is 2. The van der Waals surface area contributed by atoms with Crippen molar-refractivity contribution < 1.29 is 9.53 Å². The van der Waals surface area contributed by atoms with Crippen molar-refractivity contribution >= 4 is 29.0 Å². The first-order chi connectivity index (χ1) is 8.66. The van der Waals surface area contributed by atoms with Crippen molar-refractivity contribution in [1.82, 2.24) is 9.97 Å². The molecule has 96 valence electrons. The van der Waals surface area contributed by atoms with Gasteiger partial charge in [-0.25, -0.2) is 4.98 Å². The summed E-state index contributed by atoms with van der Waals surface area (Å²) in [4.78, 5) is 23.8. The van der Waals surface area contributed by atoms with Crippen LogP contribution >= 0.6 is 11.6 Å². The highest BCUT2D eigenvalue weighted by Gasteiger charge is 2.35. The number of morpholine rings is 1. The molecule has 0 aliphatic carbocycles. The van der Waals surface area contributed by atoms with Gasteiger partial charge in [0.15, 0.2) is 5.82 Å². The third kappa shape index (κ3) is 1.81. The van der Waals surface area contributed by atoms with Gasteiger partial charge in [0.25, 0.3) is 0 Å². The second-order valence-electron chi connectivity index (χ2n) is 4.40. The van der Waals surface area contributed by atoms with Crippen LogP contribution in [0.1, 0.15) is 6.92 Å². The lowest BCUT2D eigenvalue weighted by atomic mass is 10.1. The molecule has 0 N–H and O–H groups in total. The standard InChI is InChI=1S/C11H13ClN4O2/c1-7(17)16-5-8-6-18-3-2-15(8)10-9(16)4-13-11(12)14-10/h4,8H,2-3,5-6H2,1H3. The monoisotopic (exact) mass is 268 g/mol. The maximum Gasteiger partial charge on any atom is 0.224 e. The number of fused-ring (bicyclic) bond motifs is 3. The van der Waals surface area contributed by atoms with Crippen LogP contribution in [0.15, 0.2) is 6.20 Å². The Hall–Kier alpha value is -1.40. The van der Waals surface area contributed by atoms with Crippen LogP contribution in [0.5, 0.6) is 0 Å². The summed E-state index contributed by atoms with van der Waals surface area (Å²) in [7, 11) is 0. The number of ether oxygens (including phenoxy) is 1. The van der Waals surface area contributed by atoms with Crippen LogP contribution in [0.2, 0.25) is 5.28 Å². The molecule has 1 saturated heterocycles. The SMILES string of the molecule is CC(=O)N1CC2COCCN2c2nc(Cl)ncc21. The van der Waals surface area contributed by atoms with Gasteiger partial charge in [-0.05, 0) is 11.6 Å². The summed E-state index contributed by atoms with van der Waals surface area (Å²) in [5.74, 6) is 0.706. The van der Waals surface area contributed by atoms with Crippen molar-refractivity contribution in [2.24, 2.45) is 0 Å². The quantitative estimate of drug-likeness (QED) is 0.649. The molecule has 0 spiro atoms. The molecular formula is C11H13ClN4O2. The van der Waals surface area contributed by atoms with Gasteiger partial charge in [0.1, 0.15) is 5.69 Å². The van der Waals surface area contributed by atoms with Crippen LogP contribution in [0.4, 0.5) is 11.5 Å². The number of halogens is 1. The number of hydrogen-bond acceptors (Lipinski definition) is 5. The van der Waals surface area contributed by atoms with E-state index in [0.29, 0.717) is 19.8 Å². The van der Waals surface area contributed by atoms with Crippen LogP contribution in [-0.4, -0.2) is 48.2 Å². The minimum Gasteiger partial charge on any atom is -0.377 e. The zero-order valence-electron chi connectivity index (χ0n) is 9.97. The fraction of sp³-hybridized carbons (Fsp3) is 0.545. The fourth-order valence-electron chi connectivity index (χ4n) is 2.44. The fourth-order valence-corrected chi connectivity index (χ4v) is 2.57. The Balaban J connectivity index is 2.08. The summed E-state index contributed by atoms with van der Waals surface area (Å²) in [5.41, 5.74) is 0.727. The molecule has 1 amide bonds. The van der Waals surface area contributed by atoms with Gasteiger partial charge < -0.3 is 14.5 Å². The third-order valence-electron chi connectivity index (χ3n) is 3.28. The maximum atomic E-state index is 11.7. The highest BCUT2D eigenvalue weighted by Crippen LogP contribution is 2.34. The van der Waals surface area contributed by atoms with E-state index in [-0.39, 0.29) is 17.2 Å². The summed E-state index contributed by atoms with van der Waals surface area (Å²) in [6.45, 7) is 4.17. The molecule has 1 fully saturated rings. The van der Waals surface area contributed by atoms with Crippen LogP contribution in [0, 0.1) is 0 Å². The minimum atomic E-state index is -0.0209. The average molecular weight is 269 g/mol. The summed E-state index contributed by atoms with van der Waals surface area (Å²) < 4.78 is 5.46. The van der Waals surface area contributed by atoms with E-state index in [1.54, 1.807) is 11.1 Å². The van der Waals surface area contributed by atoms with E-state index in [4.69, 9.17) is 16.3 Å². The molecule has 0 saturated carbocycles. The highest BCUT2D eigenvalue weighted by molar-refractivity contribution is 6.28. The van der Waals surface area contributed by atoms with Crippen molar-refractivity contribution in [1.29, 1.82) is 0 Å². The van der Waals surface area contributed by atoms with Gasteiger partial charge in [-0.1, -0.05) is 0 Å². The number of carbonyl (C=O) groups is 1. The summed E-state index contributed by atoms with van der Waals surface area (Å²) in [6, 6.07) is 0.140. The van der Waals surface area contributed by atoms with Crippen molar-refractivity contribution in [3.8, 4) is 0 Å². The first-order valence-corrected chi connectivity index (χ1v) is 6.19. The molecule has 0 aromatic carbocycles. The Bertz CT molecular complexity index is 496. The minimum absolute atomic E-state index is 0.0209. The first-order valence-electron chi connectivity index (χ1n) is 5.82. The number of nitrogens with zero attached hydrogens (tertiary/aromatic N) is 4. The first kappa shape index (κ1) is 11.7. The van der Waals surface area contributed by atoms with Gasteiger partial charge in [0.2, 0.25) is 11.2 Å². The van der Waals surface area contributed by atoms with E-state index >= 15 is 0 Å². The van der Waals surface area contributed by atoms with Crippen LogP contribution in [-0.2, 0) is 9.53 Å². The number of aromatic nitrogens is 2. The van der Waals surface area contributed by atoms with Gasteiger partial charge in [-0.15, -0.1) is 0 Å². The van der Waals surface area contributed by atoms with Crippen molar-refractivity contribution in [2.45, 2.75) is 13.0 Å². The lowest BCUT2D eigenvalue weighted by Crippen LogP contribution is -2.56. The van der Waals surface area contributed by atoms with Crippen LogP contribution in [0.25, 0.3) is 0 Å². The summed E-state index contributed by atoms with van der Waals surface area (Å²) in [6.07, 6.45) is 1.61. The zero-order chi connectivity index (χ0) is 12.7. The second-order valence-corrected chi connectivity index (χ2v) is 4.74. The third-order valence-corrected chi connectivity index (χ3v) is 3.47. The molecule has 0 radical (unpaired) electrons. The van der Waals surface area contributed by atoms with E-state index < -0.39 is 0 Å². The molecule has 3 heterocycles. The molecule has 18 heavy (non-hydrogen) atoms. The predicted octanol–water partition coefficient (Wildman–Crippen LogP) is 0.702. The molecule has 1 aromatic heterocycles. The molecular weight excluding hydrogens is 256 g/mol. The topological polar surface area (TPSA) is 58.6 Å². The molecule has 3 rings (SSSR count). The lowest BCUT2D eigenvalue weighted by molar-refractivity contribution is -0.116. The summed E-state index contributed by atoms with van der Waals surface area (Å²) >= 11 is 5.85. The Labute approximate surface area is 110 Å². The van der Waals surface area contributed by atoms with E-state index in [2.05, 4.69) is 14.9 Å². The number of amides is 1. The van der Waals surface area contributed by atoms with Gasteiger partial charge >= 0.3 is 0 Å². The van der Waals surface area contributed by atoms with E-state index in [1.165, 1.54) is 6.92 Å². The van der Waals surface area contributed by atoms with Gasteiger partial charge in [-0.2, -0.15) is 4.98 Å². The molecule has 0 bridgehead atoms. The van der Waals surface area contributed by atoms with E-state index in [9.17, 15) is 4.79 Å². The van der Waals surface area contributed by atoms with E-state index in [0.717, 1.165) is 18.1 Å². The molecule has 6 nitrogen and oxygen atoms in total. The van der Waals surface area contributed by atoms with Crippen molar-refractivity contribution in [3.05, 3.63) is 11.5 Å². The molecule has 7 heteroatoms. The number of carbonyl (C=O) groups excluding carboxylic acids is 1. The molecule has 1 unspecified atom stereocenters. The van der Waals surface area contributed by atoms with Crippen LogP contribution in [0.3, 0.4) is 0 Å². The van der Waals surface area contributed by atoms with Gasteiger partial charge in [0.05, 0.1) is 25.5 Å². The van der Waals surface area contributed by atoms with E-state index in [1.807, 2.05) is 0 Å². The normalized spacial score (nSPS) is 22.4. The van der Waals surface area contributed by atoms with Gasteiger partial charge in [0, 0.05) is 20.0 Å². The molecule has 2 aliphatic heterocycles. The number of hydrogen-bond donors (Lipinski definition) is 0. The predicted molar refractivity (Wildman–Crippen MR) is 67.0 cm³/mol.